The van der Waals surface area contributed by atoms with Crippen LogP contribution < -0.4 is 10.6 Å². The lowest BCUT2D eigenvalue weighted by Gasteiger charge is -2.27. The Labute approximate surface area is 153 Å². The number of hydrogen-bond donors (Lipinski definition) is 3. The number of amides is 1. The van der Waals surface area contributed by atoms with Gasteiger partial charge >= 0.3 is 0 Å². The van der Waals surface area contributed by atoms with Crippen molar-refractivity contribution in [3.63, 3.8) is 0 Å². The van der Waals surface area contributed by atoms with Crippen LogP contribution in [0.2, 0.25) is 0 Å². The number of hydrogen-bond acceptors (Lipinski definition) is 2. The highest BCUT2D eigenvalue weighted by Crippen LogP contribution is 2.30. The van der Waals surface area contributed by atoms with Gasteiger partial charge in [-0.2, -0.15) is 0 Å². The van der Waals surface area contributed by atoms with Gasteiger partial charge in [-0.15, -0.1) is 12.4 Å². The lowest BCUT2D eigenvalue weighted by Crippen LogP contribution is -2.51. The summed E-state index contributed by atoms with van der Waals surface area (Å²) in [5, 5.41) is 7.50. The Balaban J connectivity index is 0.00000182. The molecule has 1 aliphatic heterocycles. The number of fused-ring (bicyclic) bond motifs is 1. The van der Waals surface area contributed by atoms with Crippen LogP contribution in [0.3, 0.4) is 0 Å². The summed E-state index contributed by atoms with van der Waals surface area (Å²) < 4.78 is 0. The van der Waals surface area contributed by atoms with Gasteiger partial charge in [-0.05, 0) is 17.2 Å². The molecule has 1 unspecified atom stereocenters. The molecule has 4 nitrogen and oxygen atoms in total. The normalized spacial score (nSPS) is 15.2. The molecule has 0 spiro atoms. The molecule has 5 heteroatoms. The van der Waals surface area contributed by atoms with Crippen LogP contribution in [0.5, 0.6) is 0 Å². The number of H-pyrrole nitrogens is 1. The largest absolute Gasteiger partial charge is 0.361 e. The predicted molar refractivity (Wildman–Crippen MR) is 103 cm³/mol. The minimum Gasteiger partial charge on any atom is -0.361 e. The van der Waals surface area contributed by atoms with Crippen LogP contribution >= 0.6 is 12.4 Å². The van der Waals surface area contributed by atoms with Gasteiger partial charge in [-0.1, -0.05) is 48.5 Å². The van der Waals surface area contributed by atoms with E-state index in [0.717, 1.165) is 18.6 Å². The fourth-order valence-corrected chi connectivity index (χ4v) is 3.30. The molecular formula is C20H22ClN3O. The summed E-state index contributed by atoms with van der Waals surface area (Å²) in [6.45, 7) is 2.19. The van der Waals surface area contributed by atoms with Crippen molar-refractivity contribution in [2.24, 2.45) is 5.92 Å². The molecule has 130 valence electrons. The van der Waals surface area contributed by atoms with E-state index in [0.29, 0.717) is 6.54 Å². The number of para-hydroxylation sites is 1. The van der Waals surface area contributed by atoms with Gasteiger partial charge in [0.2, 0.25) is 5.91 Å². The third kappa shape index (κ3) is 3.55. The fourth-order valence-electron chi connectivity index (χ4n) is 3.30. The van der Waals surface area contributed by atoms with Crippen molar-refractivity contribution in [2.45, 2.75) is 5.92 Å². The molecule has 1 aromatic heterocycles. The first-order valence-corrected chi connectivity index (χ1v) is 8.42. The van der Waals surface area contributed by atoms with E-state index < -0.39 is 0 Å². The molecule has 1 amide bonds. The molecule has 0 radical (unpaired) electrons. The van der Waals surface area contributed by atoms with Gasteiger partial charge in [0.25, 0.3) is 0 Å². The van der Waals surface area contributed by atoms with Gasteiger partial charge in [0.1, 0.15) is 0 Å². The van der Waals surface area contributed by atoms with Crippen LogP contribution in [0.25, 0.3) is 10.9 Å². The van der Waals surface area contributed by atoms with Crippen molar-refractivity contribution in [1.82, 2.24) is 15.6 Å². The number of halogens is 1. The highest BCUT2D eigenvalue weighted by Gasteiger charge is 2.26. The van der Waals surface area contributed by atoms with Gasteiger partial charge in [0, 0.05) is 42.7 Å². The second-order valence-electron chi connectivity index (χ2n) is 6.35. The fraction of sp³-hybridized carbons (Fsp3) is 0.250. The minimum absolute atomic E-state index is 0. The topological polar surface area (TPSA) is 56.9 Å². The smallest absolute Gasteiger partial charge is 0.225 e. The third-order valence-electron chi connectivity index (χ3n) is 4.83. The Bertz CT molecular complexity index is 842. The Morgan fingerprint density at radius 3 is 2.52 bits per heavy atom. The van der Waals surface area contributed by atoms with Crippen LogP contribution in [0.1, 0.15) is 17.0 Å². The van der Waals surface area contributed by atoms with E-state index in [2.05, 4.69) is 64.3 Å². The SMILES string of the molecule is Cl.O=C(NCC(c1ccccc1)c1c[nH]c2ccccc12)C1CNC1. The van der Waals surface area contributed by atoms with Crippen LogP contribution in [0.15, 0.2) is 60.8 Å². The summed E-state index contributed by atoms with van der Waals surface area (Å²) in [5.41, 5.74) is 3.57. The zero-order valence-corrected chi connectivity index (χ0v) is 14.7. The first kappa shape index (κ1) is 17.5. The molecule has 0 bridgehead atoms. The second kappa shape index (κ2) is 7.72. The van der Waals surface area contributed by atoms with Crippen LogP contribution in [0, 0.1) is 5.92 Å². The molecule has 3 aromatic rings. The average Bonchev–Trinajstić information content (AvgIpc) is 2.99. The zero-order valence-electron chi connectivity index (χ0n) is 13.9. The number of benzene rings is 2. The van der Waals surface area contributed by atoms with Gasteiger partial charge < -0.3 is 15.6 Å². The summed E-state index contributed by atoms with van der Waals surface area (Å²) in [7, 11) is 0. The van der Waals surface area contributed by atoms with Gasteiger partial charge in [-0.25, -0.2) is 0 Å². The first-order chi connectivity index (χ1) is 11.8. The summed E-state index contributed by atoms with van der Waals surface area (Å²) in [4.78, 5) is 15.6. The molecule has 1 atom stereocenters. The number of aromatic nitrogens is 1. The highest BCUT2D eigenvalue weighted by atomic mass is 35.5. The summed E-state index contributed by atoms with van der Waals surface area (Å²) >= 11 is 0. The summed E-state index contributed by atoms with van der Waals surface area (Å²) in [6.07, 6.45) is 2.07. The predicted octanol–water partition coefficient (Wildman–Crippen LogP) is 3.06. The van der Waals surface area contributed by atoms with Crippen molar-refractivity contribution < 1.29 is 4.79 Å². The van der Waals surface area contributed by atoms with E-state index in [1.165, 1.54) is 16.5 Å². The van der Waals surface area contributed by atoms with E-state index >= 15 is 0 Å². The van der Waals surface area contributed by atoms with Crippen molar-refractivity contribution in [3.8, 4) is 0 Å². The third-order valence-corrected chi connectivity index (χ3v) is 4.83. The molecule has 1 saturated heterocycles. The van der Waals surface area contributed by atoms with E-state index in [1.54, 1.807) is 0 Å². The molecule has 25 heavy (non-hydrogen) atoms. The standard InChI is InChI=1S/C20H21N3O.ClH/c24-20(15-10-21-11-15)23-12-17(14-6-2-1-3-7-14)18-13-22-19-9-5-4-8-16(18)19;/h1-9,13,15,17,21-22H,10-12H2,(H,23,24);1H. The molecule has 4 rings (SSSR count). The first-order valence-electron chi connectivity index (χ1n) is 8.42. The zero-order chi connectivity index (χ0) is 16.4. The van der Waals surface area contributed by atoms with Crippen molar-refractivity contribution >= 4 is 29.2 Å². The maximum Gasteiger partial charge on any atom is 0.225 e. The summed E-state index contributed by atoms with van der Waals surface area (Å²) in [6, 6.07) is 18.7. The number of nitrogens with one attached hydrogen (secondary N) is 3. The minimum atomic E-state index is 0. The number of rotatable bonds is 5. The lowest BCUT2D eigenvalue weighted by molar-refractivity contribution is -0.126. The van der Waals surface area contributed by atoms with Crippen molar-refractivity contribution in [2.75, 3.05) is 19.6 Å². The van der Waals surface area contributed by atoms with Gasteiger partial charge in [0.05, 0.1) is 5.92 Å². The molecule has 3 N–H and O–H groups in total. The van der Waals surface area contributed by atoms with Crippen LogP contribution in [0.4, 0.5) is 0 Å². The van der Waals surface area contributed by atoms with Gasteiger partial charge in [-0.3, -0.25) is 4.79 Å². The highest BCUT2D eigenvalue weighted by molar-refractivity contribution is 5.85. The van der Waals surface area contributed by atoms with Gasteiger partial charge in [0.15, 0.2) is 0 Å². The van der Waals surface area contributed by atoms with Crippen molar-refractivity contribution in [1.29, 1.82) is 0 Å². The Morgan fingerprint density at radius 1 is 1.08 bits per heavy atom. The van der Waals surface area contributed by atoms with E-state index in [-0.39, 0.29) is 30.2 Å². The maximum atomic E-state index is 12.2. The number of aromatic amines is 1. The molecule has 1 fully saturated rings. The Hall–Kier alpha value is -2.30. The molecule has 2 aromatic carbocycles. The molecule has 0 aliphatic carbocycles. The van der Waals surface area contributed by atoms with E-state index in [9.17, 15) is 4.79 Å². The van der Waals surface area contributed by atoms with E-state index in [1.807, 2.05) is 12.1 Å². The van der Waals surface area contributed by atoms with Crippen molar-refractivity contribution in [3.05, 3.63) is 71.9 Å². The molecule has 2 heterocycles. The van der Waals surface area contributed by atoms with Crippen LogP contribution in [-0.2, 0) is 4.79 Å². The van der Waals surface area contributed by atoms with E-state index in [4.69, 9.17) is 0 Å². The Morgan fingerprint density at radius 2 is 1.80 bits per heavy atom. The molecular weight excluding hydrogens is 334 g/mol. The summed E-state index contributed by atoms with van der Waals surface area (Å²) in [5.74, 6) is 0.401. The average molecular weight is 356 g/mol. The number of carbonyl (C=O) groups excluding carboxylic acids is 1. The second-order valence-corrected chi connectivity index (χ2v) is 6.35. The molecule has 0 saturated carbocycles. The lowest BCUT2D eigenvalue weighted by atomic mass is 9.90. The Kier molecular flexibility index (Phi) is 5.41. The molecule has 1 aliphatic rings. The monoisotopic (exact) mass is 355 g/mol. The maximum absolute atomic E-state index is 12.2. The van der Waals surface area contributed by atoms with Crippen LogP contribution in [-0.4, -0.2) is 30.5 Å². The number of carbonyl (C=O) groups is 1. The quantitative estimate of drug-likeness (QED) is 0.658.